The summed E-state index contributed by atoms with van der Waals surface area (Å²) in [4.78, 5) is 11.9. The van der Waals surface area contributed by atoms with E-state index in [1.165, 1.54) is 5.69 Å². The van der Waals surface area contributed by atoms with Crippen LogP contribution in [0.15, 0.2) is 29.3 Å². The van der Waals surface area contributed by atoms with Crippen LogP contribution in [0.3, 0.4) is 0 Å². The second-order valence-corrected chi connectivity index (χ2v) is 7.13. The van der Waals surface area contributed by atoms with E-state index in [9.17, 15) is 0 Å². The van der Waals surface area contributed by atoms with Crippen LogP contribution in [0.1, 0.15) is 6.92 Å². The second kappa shape index (κ2) is 9.80. The molecule has 1 N–H and O–H groups in total. The van der Waals surface area contributed by atoms with Gasteiger partial charge in [-0.05, 0) is 26.1 Å². The number of methoxy groups -OCH3 is 1. The van der Waals surface area contributed by atoms with Gasteiger partial charge in [-0.1, -0.05) is 6.07 Å². The molecular weight excluding hydrogens is 342 g/mol. The Kier molecular flexibility index (Phi) is 7.18. The van der Waals surface area contributed by atoms with Crippen molar-refractivity contribution < 1.29 is 9.47 Å². The first kappa shape index (κ1) is 19.8. The highest BCUT2D eigenvalue weighted by atomic mass is 16.5. The number of morpholine rings is 1. The fraction of sp³-hybridized carbons (Fsp3) is 0.650. The Morgan fingerprint density at radius 1 is 1.26 bits per heavy atom. The third-order valence-corrected chi connectivity index (χ3v) is 5.12. The lowest BCUT2D eigenvalue weighted by molar-refractivity contribution is -0.0137. The monoisotopic (exact) mass is 375 g/mol. The normalized spacial score (nSPS) is 22.0. The first-order chi connectivity index (χ1) is 13.2. The second-order valence-electron chi connectivity index (χ2n) is 7.13. The topological polar surface area (TPSA) is 52.6 Å². The molecule has 0 radical (unpaired) electrons. The van der Waals surface area contributed by atoms with Crippen LogP contribution in [0, 0.1) is 0 Å². The van der Waals surface area contributed by atoms with Gasteiger partial charge >= 0.3 is 0 Å². The van der Waals surface area contributed by atoms with Crippen molar-refractivity contribution in [2.75, 3.05) is 78.0 Å². The Bertz CT molecular complexity index is 616. The zero-order valence-electron chi connectivity index (χ0n) is 16.9. The maximum absolute atomic E-state index is 5.85. The van der Waals surface area contributed by atoms with Gasteiger partial charge in [0, 0.05) is 57.6 Å². The number of nitrogens with one attached hydrogen (secondary N) is 1. The molecule has 2 saturated heterocycles. The Balaban J connectivity index is 1.56. The summed E-state index contributed by atoms with van der Waals surface area (Å²) in [5.41, 5.74) is 1.22. The van der Waals surface area contributed by atoms with Crippen LogP contribution >= 0.6 is 0 Å². The van der Waals surface area contributed by atoms with Gasteiger partial charge < -0.3 is 29.5 Å². The molecule has 3 rings (SSSR count). The molecule has 1 unspecified atom stereocenters. The van der Waals surface area contributed by atoms with Gasteiger partial charge in [-0.15, -0.1) is 0 Å². The third-order valence-electron chi connectivity index (χ3n) is 5.12. The number of piperazine rings is 1. The number of ether oxygens (including phenoxy) is 2. The van der Waals surface area contributed by atoms with Crippen molar-refractivity contribution in [1.29, 1.82) is 0 Å². The number of guanidine groups is 1. The molecule has 2 aliphatic heterocycles. The molecule has 0 bridgehead atoms. The van der Waals surface area contributed by atoms with Gasteiger partial charge in [0.1, 0.15) is 5.75 Å². The van der Waals surface area contributed by atoms with E-state index in [4.69, 9.17) is 14.5 Å². The van der Waals surface area contributed by atoms with E-state index in [0.717, 1.165) is 64.1 Å². The first-order valence-corrected chi connectivity index (χ1v) is 9.92. The lowest BCUT2D eigenvalue weighted by Gasteiger charge is -2.38. The number of hydrogen-bond acceptors (Lipinski definition) is 5. The fourth-order valence-corrected chi connectivity index (χ4v) is 3.58. The molecule has 7 heteroatoms. The zero-order valence-corrected chi connectivity index (χ0v) is 16.9. The summed E-state index contributed by atoms with van der Waals surface area (Å²) >= 11 is 0. The number of aliphatic imine (C=N–C) groups is 1. The quantitative estimate of drug-likeness (QED) is 0.615. The van der Waals surface area contributed by atoms with Crippen molar-refractivity contribution in [3.05, 3.63) is 24.3 Å². The van der Waals surface area contributed by atoms with E-state index in [1.807, 2.05) is 12.1 Å². The molecule has 0 amide bonds. The van der Waals surface area contributed by atoms with Gasteiger partial charge in [0.2, 0.25) is 0 Å². The van der Waals surface area contributed by atoms with Crippen LogP contribution in [0.25, 0.3) is 0 Å². The Labute approximate surface area is 162 Å². The van der Waals surface area contributed by atoms with E-state index >= 15 is 0 Å². The minimum Gasteiger partial charge on any atom is -0.497 e. The Morgan fingerprint density at radius 2 is 2.07 bits per heavy atom. The molecule has 7 nitrogen and oxygen atoms in total. The summed E-state index contributed by atoms with van der Waals surface area (Å²) in [5, 5.41) is 3.44. The van der Waals surface area contributed by atoms with E-state index in [1.54, 1.807) is 7.11 Å². The van der Waals surface area contributed by atoms with Crippen molar-refractivity contribution in [1.82, 2.24) is 15.1 Å². The van der Waals surface area contributed by atoms with Gasteiger partial charge in [-0.25, -0.2) is 0 Å². The minimum absolute atomic E-state index is 0.190. The molecule has 0 saturated carbocycles. The van der Waals surface area contributed by atoms with Crippen LogP contribution in [-0.2, 0) is 4.74 Å². The summed E-state index contributed by atoms with van der Waals surface area (Å²) in [5.74, 6) is 1.90. The fourth-order valence-electron chi connectivity index (χ4n) is 3.58. The predicted molar refractivity (Wildman–Crippen MR) is 110 cm³/mol. The summed E-state index contributed by atoms with van der Waals surface area (Å²) in [6.07, 6.45) is 0.190. The highest BCUT2D eigenvalue weighted by molar-refractivity contribution is 5.80. The summed E-state index contributed by atoms with van der Waals surface area (Å²) in [6, 6.07) is 8.29. The van der Waals surface area contributed by atoms with E-state index in [0.29, 0.717) is 6.54 Å². The van der Waals surface area contributed by atoms with Crippen molar-refractivity contribution in [2.24, 2.45) is 4.99 Å². The molecule has 2 fully saturated rings. The van der Waals surface area contributed by atoms with Gasteiger partial charge in [0.15, 0.2) is 5.96 Å². The molecule has 1 aromatic carbocycles. The number of rotatable bonds is 5. The van der Waals surface area contributed by atoms with E-state index in [-0.39, 0.29) is 6.10 Å². The maximum Gasteiger partial charge on any atom is 0.194 e. The number of nitrogens with zero attached hydrogens (tertiary/aromatic N) is 4. The van der Waals surface area contributed by atoms with Crippen LogP contribution in [-0.4, -0.2) is 95.0 Å². The molecule has 1 aromatic rings. The average molecular weight is 376 g/mol. The molecule has 0 aliphatic carbocycles. The summed E-state index contributed by atoms with van der Waals surface area (Å²) < 4.78 is 11.2. The molecular formula is C20H33N5O2. The van der Waals surface area contributed by atoms with Crippen molar-refractivity contribution >= 4 is 11.6 Å². The maximum atomic E-state index is 5.85. The van der Waals surface area contributed by atoms with Gasteiger partial charge in [-0.2, -0.15) is 0 Å². The van der Waals surface area contributed by atoms with E-state index < -0.39 is 0 Å². The number of anilines is 1. The lowest BCUT2D eigenvalue weighted by Crippen LogP contribution is -2.53. The van der Waals surface area contributed by atoms with Gasteiger partial charge in [-0.3, -0.25) is 4.99 Å². The highest BCUT2D eigenvalue weighted by Crippen LogP contribution is 2.22. The van der Waals surface area contributed by atoms with Crippen LogP contribution in [0.4, 0.5) is 5.69 Å². The molecule has 2 aliphatic rings. The first-order valence-electron chi connectivity index (χ1n) is 9.92. The van der Waals surface area contributed by atoms with Crippen molar-refractivity contribution in [3.8, 4) is 5.75 Å². The van der Waals surface area contributed by atoms with Gasteiger partial charge in [0.25, 0.3) is 0 Å². The summed E-state index contributed by atoms with van der Waals surface area (Å²) in [6.45, 7) is 10.3. The number of likely N-dealkylation sites (N-methyl/N-ethyl adjacent to an activating group) is 1. The standard InChI is InChI=1S/C20H33N5O2/c1-4-21-20(22-15-19-16-23(2)12-13-27-19)25-10-8-24(9-11-25)17-6-5-7-18(14-17)26-3/h5-7,14,19H,4,8-13,15-16H2,1-3H3,(H,21,22). The van der Waals surface area contributed by atoms with E-state index in [2.05, 4.69) is 46.1 Å². The van der Waals surface area contributed by atoms with Crippen molar-refractivity contribution in [3.63, 3.8) is 0 Å². The SMILES string of the molecule is CCNC(=NCC1CN(C)CCO1)N1CCN(c2cccc(OC)c2)CC1. The van der Waals surface area contributed by atoms with Crippen LogP contribution in [0.5, 0.6) is 5.75 Å². The largest absolute Gasteiger partial charge is 0.497 e. The van der Waals surface area contributed by atoms with Crippen LogP contribution < -0.4 is 15.0 Å². The Hall–Kier alpha value is -1.99. The number of benzene rings is 1. The summed E-state index contributed by atoms with van der Waals surface area (Å²) in [7, 11) is 3.85. The molecule has 1 atom stereocenters. The molecule has 150 valence electrons. The number of hydrogen-bond donors (Lipinski definition) is 1. The average Bonchev–Trinajstić information content (AvgIpc) is 2.71. The smallest absolute Gasteiger partial charge is 0.194 e. The molecule has 27 heavy (non-hydrogen) atoms. The predicted octanol–water partition coefficient (Wildman–Crippen LogP) is 1.11. The molecule has 0 aromatic heterocycles. The van der Waals surface area contributed by atoms with Crippen molar-refractivity contribution in [2.45, 2.75) is 13.0 Å². The molecule has 0 spiro atoms. The minimum atomic E-state index is 0.190. The van der Waals surface area contributed by atoms with Crippen LogP contribution in [0.2, 0.25) is 0 Å². The lowest BCUT2D eigenvalue weighted by atomic mass is 10.2. The molecule has 2 heterocycles. The third kappa shape index (κ3) is 5.49. The highest BCUT2D eigenvalue weighted by Gasteiger charge is 2.22. The Morgan fingerprint density at radius 3 is 2.78 bits per heavy atom. The van der Waals surface area contributed by atoms with Gasteiger partial charge in [0.05, 0.1) is 26.4 Å². The zero-order chi connectivity index (χ0) is 19.1.